The maximum Gasteiger partial charge on any atom is 0.412 e. The van der Waals surface area contributed by atoms with Crippen LogP contribution in [-0.2, 0) is 16.1 Å². The fraction of sp³-hybridized carbons (Fsp3) is 0.385. The van der Waals surface area contributed by atoms with Gasteiger partial charge in [0.05, 0.1) is 0 Å². The molecule has 0 radical (unpaired) electrons. The number of hydrogen-bond acceptors (Lipinski definition) is 4. The van der Waals surface area contributed by atoms with Gasteiger partial charge < -0.3 is 14.8 Å². The van der Waals surface area contributed by atoms with Gasteiger partial charge in [-0.25, -0.2) is 4.79 Å². The van der Waals surface area contributed by atoms with Gasteiger partial charge in [0.15, 0.2) is 0 Å². The lowest BCUT2D eigenvalue weighted by molar-refractivity contribution is -0.142. The van der Waals surface area contributed by atoms with Crippen molar-refractivity contribution in [2.75, 3.05) is 7.05 Å². The summed E-state index contributed by atoms with van der Waals surface area (Å²) in [5, 5.41) is 2.39. The second-order valence-corrected chi connectivity index (χ2v) is 3.98. The lowest BCUT2D eigenvalue weighted by Gasteiger charge is -2.12. The minimum atomic E-state index is -0.506. The molecule has 0 bridgehead atoms. The van der Waals surface area contributed by atoms with Gasteiger partial charge in [0, 0.05) is 14.0 Å². The number of benzene rings is 1. The average Bonchev–Trinajstić information content (AvgIpc) is 2.30. The molecule has 1 rings (SSSR count). The Hall–Kier alpha value is -2.04. The van der Waals surface area contributed by atoms with Gasteiger partial charge >= 0.3 is 12.1 Å². The molecular formula is C13H17NO4. The minimum Gasteiger partial charge on any atom is -0.461 e. The third-order valence-corrected chi connectivity index (χ3v) is 2.36. The first kappa shape index (κ1) is 14.0. The molecule has 0 unspecified atom stereocenters. The molecule has 0 heterocycles. The predicted molar refractivity (Wildman–Crippen MR) is 66.5 cm³/mol. The van der Waals surface area contributed by atoms with Crippen molar-refractivity contribution in [1.29, 1.82) is 0 Å². The van der Waals surface area contributed by atoms with E-state index in [9.17, 15) is 9.59 Å². The van der Waals surface area contributed by atoms with Crippen molar-refractivity contribution in [2.45, 2.75) is 27.4 Å². The van der Waals surface area contributed by atoms with Crippen LogP contribution in [-0.4, -0.2) is 19.1 Å². The summed E-state index contributed by atoms with van der Waals surface area (Å²) in [4.78, 5) is 21.9. The van der Waals surface area contributed by atoms with Crippen LogP contribution in [0.5, 0.6) is 5.75 Å². The molecule has 0 saturated heterocycles. The monoisotopic (exact) mass is 251 g/mol. The Balaban J connectivity index is 2.90. The standard InChI is InChI=1S/C13H17NO4/c1-8-5-11(7-17-10(3)15)6-9(2)12(8)18-13(16)14-4/h5-6H,7H2,1-4H3,(H,14,16). The molecule has 0 atom stereocenters. The summed E-state index contributed by atoms with van der Waals surface area (Å²) in [5.41, 5.74) is 2.51. The molecule has 0 aliphatic heterocycles. The molecular weight excluding hydrogens is 234 g/mol. The lowest BCUT2D eigenvalue weighted by atomic mass is 10.1. The van der Waals surface area contributed by atoms with E-state index in [1.54, 1.807) is 0 Å². The molecule has 0 aliphatic rings. The highest BCUT2D eigenvalue weighted by Crippen LogP contribution is 2.25. The summed E-state index contributed by atoms with van der Waals surface area (Å²) in [5.74, 6) is 0.205. The molecule has 0 aromatic heterocycles. The highest BCUT2D eigenvalue weighted by atomic mass is 16.6. The van der Waals surface area contributed by atoms with E-state index in [1.165, 1.54) is 14.0 Å². The van der Waals surface area contributed by atoms with Crippen molar-refractivity contribution >= 4 is 12.1 Å². The maximum atomic E-state index is 11.2. The summed E-state index contributed by atoms with van der Waals surface area (Å²) >= 11 is 0. The minimum absolute atomic E-state index is 0.220. The van der Waals surface area contributed by atoms with E-state index in [4.69, 9.17) is 9.47 Å². The van der Waals surface area contributed by atoms with Crippen molar-refractivity contribution in [2.24, 2.45) is 0 Å². The number of rotatable bonds is 3. The number of nitrogens with one attached hydrogen (secondary N) is 1. The molecule has 1 N–H and O–H groups in total. The fourth-order valence-electron chi connectivity index (χ4n) is 1.61. The zero-order valence-electron chi connectivity index (χ0n) is 11.0. The number of hydrogen-bond donors (Lipinski definition) is 1. The highest BCUT2D eigenvalue weighted by molar-refractivity contribution is 5.71. The van der Waals surface area contributed by atoms with Gasteiger partial charge in [-0.1, -0.05) is 0 Å². The summed E-state index contributed by atoms with van der Waals surface area (Å²) in [6, 6.07) is 3.66. The molecule has 0 aliphatic carbocycles. The Kier molecular flexibility index (Phi) is 4.71. The van der Waals surface area contributed by atoms with Crippen LogP contribution in [0.3, 0.4) is 0 Å². The zero-order chi connectivity index (χ0) is 13.7. The topological polar surface area (TPSA) is 64.6 Å². The Morgan fingerprint density at radius 3 is 2.22 bits per heavy atom. The number of ether oxygens (including phenoxy) is 2. The largest absolute Gasteiger partial charge is 0.461 e. The Bertz CT molecular complexity index is 445. The van der Waals surface area contributed by atoms with Crippen LogP contribution in [0.15, 0.2) is 12.1 Å². The number of aryl methyl sites for hydroxylation is 2. The van der Waals surface area contributed by atoms with Crippen LogP contribution >= 0.6 is 0 Å². The second kappa shape index (κ2) is 6.05. The summed E-state index contributed by atoms with van der Waals surface area (Å²) in [6.07, 6.45) is -0.506. The van der Waals surface area contributed by atoms with Crippen LogP contribution in [0.4, 0.5) is 4.79 Å². The molecule has 18 heavy (non-hydrogen) atoms. The number of amides is 1. The molecule has 0 fully saturated rings. The van der Waals surface area contributed by atoms with Crippen molar-refractivity contribution < 1.29 is 19.1 Å². The van der Waals surface area contributed by atoms with Crippen LogP contribution in [0.2, 0.25) is 0 Å². The zero-order valence-corrected chi connectivity index (χ0v) is 11.0. The predicted octanol–water partition coefficient (Wildman–Crippen LogP) is 2.08. The van der Waals surface area contributed by atoms with Gasteiger partial charge in [0.2, 0.25) is 0 Å². The van der Waals surface area contributed by atoms with E-state index in [-0.39, 0.29) is 12.6 Å². The molecule has 5 nitrogen and oxygen atoms in total. The van der Waals surface area contributed by atoms with E-state index in [2.05, 4.69) is 5.32 Å². The van der Waals surface area contributed by atoms with Gasteiger partial charge in [-0.15, -0.1) is 0 Å². The molecule has 1 aromatic rings. The molecule has 98 valence electrons. The Morgan fingerprint density at radius 1 is 1.22 bits per heavy atom. The average molecular weight is 251 g/mol. The van der Waals surface area contributed by atoms with Crippen LogP contribution < -0.4 is 10.1 Å². The van der Waals surface area contributed by atoms with Crippen molar-refractivity contribution in [3.63, 3.8) is 0 Å². The molecule has 5 heteroatoms. The Morgan fingerprint density at radius 2 is 1.78 bits per heavy atom. The quantitative estimate of drug-likeness (QED) is 0.835. The van der Waals surface area contributed by atoms with Crippen LogP contribution in [0, 0.1) is 13.8 Å². The van der Waals surface area contributed by atoms with E-state index >= 15 is 0 Å². The van der Waals surface area contributed by atoms with Crippen molar-refractivity contribution in [3.05, 3.63) is 28.8 Å². The third-order valence-electron chi connectivity index (χ3n) is 2.36. The van der Waals surface area contributed by atoms with E-state index in [0.29, 0.717) is 5.75 Å². The van der Waals surface area contributed by atoms with Crippen LogP contribution in [0.1, 0.15) is 23.6 Å². The van der Waals surface area contributed by atoms with Gasteiger partial charge in [-0.3, -0.25) is 4.79 Å². The van der Waals surface area contributed by atoms with Gasteiger partial charge in [-0.05, 0) is 42.7 Å². The summed E-state index contributed by atoms with van der Waals surface area (Å²) in [7, 11) is 1.50. The van der Waals surface area contributed by atoms with Crippen LogP contribution in [0.25, 0.3) is 0 Å². The number of esters is 1. The highest BCUT2D eigenvalue weighted by Gasteiger charge is 2.10. The van der Waals surface area contributed by atoms with Crippen molar-refractivity contribution in [1.82, 2.24) is 5.32 Å². The smallest absolute Gasteiger partial charge is 0.412 e. The second-order valence-electron chi connectivity index (χ2n) is 3.98. The molecule has 1 amide bonds. The first-order valence-corrected chi connectivity index (χ1v) is 5.57. The normalized spacial score (nSPS) is 9.78. The van der Waals surface area contributed by atoms with Gasteiger partial charge in [-0.2, -0.15) is 0 Å². The molecule has 1 aromatic carbocycles. The summed E-state index contributed by atoms with van der Waals surface area (Å²) in [6.45, 7) is 5.26. The first-order chi connectivity index (χ1) is 8.43. The summed E-state index contributed by atoms with van der Waals surface area (Å²) < 4.78 is 10.1. The van der Waals surface area contributed by atoms with E-state index in [1.807, 2.05) is 26.0 Å². The Labute approximate surface area is 106 Å². The molecule has 0 saturated carbocycles. The van der Waals surface area contributed by atoms with Gasteiger partial charge in [0.25, 0.3) is 0 Å². The lowest BCUT2D eigenvalue weighted by Crippen LogP contribution is -2.22. The molecule has 0 spiro atoms. The number of carbonyl (C=O) groups excluding carboxylic acids is 2. The number of carbonyl (C=O) groups is 2. The third kappa shape index (κ3) is 3.76. The fourth-order valence-corrected chi connectivity index (χ4v) is 1.61. The first-order valence-electron chi connectivity index (χ1n) is 5.57. The van der Waals surface area contributed by atoms with Crippen molar-refractivity contribution in [3.8, 4) is 5.75 Å². The van der Waals surface area contributed by atoms with E-state index < -0.39 is 6.09 Å². The van der Waals surface area contributed by atoms with Gasteiger partial charge in [0.1, 0.15) is 12.4 Å². The van der Waals surface area contributed by atoms with E-state index in [0.717, 1.165) is 16.7 Å². The SMILES string of the molecule is CNC(=O)Oc1c(C)cc(COC(C)=O)cc1C. The maximum absolute atomic E-state index is 11.2.